The average Bonchev–Trinajstić information content (AvgIpc) is 3.10. The number of benzene rings is 2. The Morgan fingerprint density at radius 1 is 1.22 bits per heavy atom. The summed E-state index contributed by atoms with van der Waals surface area (Å²) in [6, 6.07) is 10.3. The molecule has 0 unspecified atom stereocenters. The van der Waals surface area contributed by atoms with Crippen LogP contribution in [0.4, 0.5) is 9.52 Å². The zero-order chi connectivity index (χ0) is 19.4. The SMILES string of the molecule is COc1cccc(C(=O)Nc2ncc(Cc3ccc(C)c(F)c3)s2)c1OC. The number of methoxy groups -OCH3 is 2. The predicted molar refractivity (Wildman–Crippen MR) is 104 cm³/mol. The Balaban J connectivity index is 1.74. The Hall–Kier alpha value is -2.93. The smallest absolute Gasteiger partial charge is 0.261 e. The molecule has 0 bridgehead atoms. The number of nitrogens with one attached hydrogen (secondary N) is 1. The first-order valence-corrected chi connectivity index (χ1v) is 9.05. The van der Waals surface area contributed by atoms with Gasteiger partial charge in [0.25, 0.3) is 5.91 Å². The largest absolute Gasteiger partial charge is 0.493 e. The fourth-order valence-electron chi connectivity index (χ4n) is 2.62. The molecule has 0 aliphatic rings. The van der Waals surface area contributed by atoms with Crippen LogP contribution >= 0.6 is 11.3 Å². The number of anilines is 1. The number of thiazole rings is 1. The number of nitrogens with zero attached hydrogens (tertiary/aromatic N) is 1. The van der Waals surface area contributed by atoms with E-state index in [2.05, 4.69) is 10.3 Å². The zero-order valence-corrected chi connectivity index (χ0v) is 16.0. The number of para-hydroxylation sites is 1. The third-order valence-corrected chi connectivity index (χ3v) is 4.95. The number of aromatic nitrogens is 1. The molecule has 0 spiro atoms. The van der Waals surface area contributed by atoms with Crippen LogP contribution in [0.15, 0.2) is 42.6 Å². The van der Waals surface area contributed by atoms with Gasteiger partial charge in [0.05, 0.1) is 19.8 Å². The molecule has 0 aliphatic heterocycles. The summed E-state index contributed by atoms with van der Waals surface area (Å²) in [4.78, 5) is 17.7. The summed E-state index contributed by atoms with van der Waals surface area (Å²) in [7, 11) is 3.00. The van der Waals surface area contributed by atoms with E-state index in [0.717, 1.165) is 10.4 Å². The van der Waals surface area contributed by atoms with Gasteiger partial charge in [0.1, 0.15) is 5.82 Å². The van der Waals surface area contributed by atoms with Gasteiger partial charge in [-0.15, -0.1) is 11.3 Å². The van der Waals surface area contributed by atoms with E-state index in [1.807, 2.05) is 6.07 Å². The molecule has 3 rings (SSSR count). The highest BCUT2D eigenvalue weighted by atomic mass is 32.1. The van der Waals surface area contributed by atoms with E-state index < -0.39 is 0 Å². The van der Waals surface area contributed by atoms with Crippen LogP contribution in [-0.2, 0) is 6.42 Å². The van der Waals surface area contributed by atoms with Gasteiger partial charge in [-0.05, 0) is 36.2 Å². The highest BCUT2D eigenvalue weighted by Gasteiger charge is 2.17. The van der Waals surface area contributed by atoms with Gasteiger partial charge in [0.2, 0.25) is 0 Å². The van der Waals surface area contributed by atoms with Gasteiger partial charge in [0.15, 0.2) is 16.6 Å². The lowest BCUT2D eigenvalue weighted by Crippen LogP contribution is -2.13. The Morgan fingerprint density at radius 2 is 2.04 bits per heavy atom. The Bertz CT molecular complexity index is 972. The first-order valence-electron chi connectivity index (χ1n) is 8.24. The van der Waals surface area contributed by atoms with Crippen molar-refractivity contribution >= 4 is 22.4 Å². The lowest BCUT2D eigenvalue weighted by Gasteiger charge is -2.11. The fourth-order valence-corrected chi connectivity index (χ4v) is 3.47. The maximum atomic E-state index is 13.7. The molecule has 5 nitrogen and oxygen atoms in total. The molecule has 1 amide bonds. The molecule has 2 aromatic carbocycles. The summed E-state index contributed by atoms with van der Waals surface area (Å²) < 4.78 is 24.2. The highest BCUT2D eigenvalue weighted by Crippen LogP contribution is 2.31. The number of rotatable bonds is 6. The quantitative estimate of drug-likeness (QED) is 0.680. The predicted octanol–water partition coefficient (Wildman–Crippen LogP) is 4.45. The molecule has 1 N–H and O–H groups in total. The molecule has 0 aliphatic carbocycles. The van der Waals surface area contributed by atoms with Crippen molar-refractivity contribution in [1.82, 2.24) is 4.98 Å². The number of halogens is 1. The molecule has 27 heavy (non-hydrogen) atoms. The van der Waals surface area contributed by atoms with Gasteiger partial charge < -0.3 is 9.47 Å². The summed E-state index contributed by atoms with van der Waals surface area (Å²) in [6.45, 7) is 1.73. The molecule has 7 heteroatoms. The minimum absolute atomic E-state index is 0.226. The summed E-state index contributed by atoms with van der Waals surface area (Å²) in [6.07, 6.45) is 2.23. The van der Waals surface area contributed by atoms with E-state index in [0.29, 0.717) is 34.2 Å². The first kappa shape index (κ1) is 18.8. The summed E-state index contributed by atoms with van der Waals surface area (Å²) in [5.41, 5.74) is 1.83. The van der Waals surface area contributed by atoms with Gasteiger partial charge in [-0.3, -0.25) is 10.1 Å². The van der Waals surface area contributed by atoms with Crippen molar-refractivity contribution in [2.45, 2.75) is 13.3 Å². The van der Waals surface area contributed by atoms with Gasteiger partial charge >= 0.3 is 0 Å². The molecule has 0 saturated carbocycles. The molecule has 3 aromatic rings. The van der Waals surface area contributed by atoms with Crippen LogP contribution in [0.25, 0.3) is 0 Å². The number of amides is 1. The summed E-state index contributed by atoms with van der Waals surface area (Å²) >= 11 is 1.35. The Labute approximate surface area is 160 Å². The molecule has 0 radical (unpaired) electrons. The zero-order valence-electron chi connectivity index (χ0n) is 15.2. The third-order valence-electron chi connectivity index (χ3n) is 4.04. The van der Waals surface area contributed by atoms with Crippen molar-refractivity contribution < 1.29 is 18.7 Å². The molecule has 140 valence electrons. The van der Waals surface area contributed by atoms with E-state index in [1.54, 1.807) is 37.4 Å². The van der Waals surface area contributed by atoms with Crippen molar-refractivity contribution in [3.05, 3.63) is 70.0 Å². The fraction of sp³-hybridized carbons (Fsp3) is 0.200. The molecule has 0 fully saturated rings. The average molecular weight is 386 g/mol. The number of carbonyl (C=O) groups excluding carboxylic acids is 1. The van der Waals surface area contributed by atoms with Crippen LogP contribution in [0.3, 0.4) is 0 Å². The van der Waals surface area contributed by atoms with Crippen molar-refractivity contribution in [1.29, 1.82) is 0 Å². The van der Waals surface area contributed by atoms with E-state index in [4.69, 9.17) is 9.47 Å². The van der Waals surface area contributed by atoms with Crippen LogP contribution in [0.1, 0.15) is 26.4 Å². The maximum absolute atomic E-state index is 13.7. The second kappa shape index (κ2) is 8.18. The molecule has 1 heterocycles. The minimum Gasteiger partial charge on any atom is -0.493 e. The molecular weight excluding hydrogens is 367 g/mol. The van der Waals surface area contributed by atoms with Crippen molar-refractivity contribution in [3.8, 4) is 11.5 Å². The lowest BCUT2D eigenvalue weighted by atomic mass is 10.1. The second-order valence-corrected chi connectivity index (χ2v) is 7.00. The normalized spacial score (nSPS) is 10.5. The first-order chi connectivity index (χ1) is 13.0. The van der Waals surface area contributed by atoms with Gasteiger partial charge in [-0.2, -0.15) is 0 Å². The third kappa shape index (κ3) is 4.25. The van der Waals surface area contributed by atoms with Crippen LogP contribution in [0.5, 0.6) is 11.5 Å². The molecule has 1 aromatic heterocycles. The number of hydrogen-bond donors (Lipinski definition) is 1. The topological polar surface area (TPSA) is 60.5 Å². The number of ether oxygens (including phenoxy) is 2. The number of aryl methyl sites for hydroxylation is 1. The molecule has 0 atom stereocenters. The minimum atomic E-state index is -0.340. The molecule has 0 saturated heterocycles. The lowest BCUT2D eigenvalue weighted by molar-refractivity contribution is 0.102. The molecular formula is C20H19FN2O3S. The van der Waals surface area contributed by atoms with E-state index in [9.17, 15) is 9.18 Å². The second-order valence-electron chi connectivity index (χ2n) is 5.89. The van der Waals surface area contributed by atoms with Crippen LogP contribution in [-0.4, -0.2) is 25.1 Å². The van der Waals surface area contributed by atoms with Gasteiger partial charge in [-0.25, -0.2) is 9.37 Å². The summed E-state index contributed by atoms with van der Waals surface area (Å²) in [5, 5.41) is 3.23. The van der Waals surface area contributed by atoms with Crippen molar-refractivity contribution in [2.24, 2.45) is 0 Å². The summed E-state index contributed by atoms with van der Waals surface area (Å²) in [5.74, 6) is 0.277. The van der Waals surface area contributed by atoms with Crippen molar-refractivity contribution in [3.63, 3.8) is 0 Å². The Morgan fingerprint density at radius 3 is 2.74 bits per heavy atom. The van der Waals surface area contributed by atoms with E-state index >= 15 is 0 Å². The standard InChI is InChI=1S/C20H19FN2O3S/c1-12-7-8-13(10-16(12)21)9-14-11-22-20(27-14)23-19(24)15-5-4-6-17(25-2)18(15)26-3/h4-8,10-11H,9H2,1-3H3,(H,22,23,24). The van der Waals surface area contributed by atoms with Crippen LogP contribution in [0, 0.1) is 12.7 Å². The van der Waals surface area contributed by atoms with Gasteiger partial charge in [-0.1, -0.05) is 18.2 Å². The van der Waals surface area contributed by atoms with E-state index in [-0.39, 0.29) is 11.7 Å². The number of hydrogen-bond acceptors (Lipinski definition) is 5. The maximum Gasteiger partial charge on any atom is 0.261 e. The van der Waals surface area contributed by atoms with Crippen LogP contribution in [0.2, 0.25) is 0 Å². The van der Waals surface area contributed by atoms with E-state index in [1.165, 1.54) is 31.6 Å². The van der Waals surface area contributed by atoms with Crippen LogP contribution < -0.4 is 14.8 Å². The van der Waals surface area contributed by atoms with Gasteiger partial charge in [0, 0.05) is 17.5 Å². The highest BCUT2D eigenvalue weighted by molar-refractivity contribution is 7.15. The Kier molecular flexibility index (Phi) is 5.71. The monoisotopic (exact) mass is 386 g/mol. The van der Waals surface area contributed by atoms with Crippen molar-refractivity contribution in [2.75, 3.05) is 19.5 Å². The number of carbonyl (C=O) groups is 1.